The van der Waals surface area contributed by atoms with Gasteiger partial charge in [-0.1, -0.05) is 0 Å². The minimum absolute atomic E-state index is 0. The van der Waals surface area contributed by atoms with Crippen LogP contribution < -0.4 is 0 Å². The quantitative estimate of drug-likeness (QED) is 0.409. The van der Waals surface area contributed by atoms with Crippen LogP contribution >= 0.6 is 0 Å². The Morgan fingerprint density at radius 1 is 1.07 bits per heavy atom. The number of carbonyl (C=O) groups is 2. The predicted octanol–water partition coefficient (Wildman–Crippen LogP) is 0.0984. The summed E-state index contributed by atoms with van der Waals surface area (Å²) in [5.41, 5.74) is 0.155. The Kier molecular flexibility index (Phi) is 5.14. The van der Waals surface area contributed by atoms with Crippen molar-refractivity contribution in [3.8, 4) is 0 Å². The Balaban J connectivity index is 0.00000169. The monoisotopic (exact) mass is 208 g/mol. The summed E-state index contributed by atoms with van der Waals surface area (Å²) < 4.78 is 0. The van der Waals surface area contributed by atoms with Gasteiger partial charge < -0.3 is 5.11 Å². The minimum atomic E-state index is -1.08. The molecular weight excluding hydrogens is 200 g/mol. The molecule has 1 aromatic carbocycles. The van der Waals surface area contributed by atoms with Gasteiger partial charge in [-0.3, -0.25) is 4.89 Å². The van der Waals surface area contributed by atoms with Gasteiger partial charge in [-0.25, -0.2) is 9.59 Å². The standard InChI is InChI=1S/C8H6O5.Mg.2H/c9-7(10)5-1-3-6(4-2-5)8(11)13-12;;;/h1-4,12H,(H,9,10);;;. The fourth-order valence-corrected chi connectivity index (χ4v) is 0.802. The summed E-state index contributed by atoms with van der Waals surface area (Å²) in [7, 11) is 0. The van der Waals surface area contributed by atoms with Crippen molar-refractivity contribution >= 4 is 35.0 Å². The molecule has 0 aromatic heterocycles. The van der Waals surface area contributed by atoms with Crippen LogP contribution in [0.5, 0.6) is 0 Å². The van der Waals surface area contributed by atoms with E-state index >= 15 is 0 Å². The van der Waals surface area contributed by atoms with Gasteiger partial charge in [0.15, 0.2) is 0 Å². The third kappa shape index (κ3) is 2.98. The van der Waals surface area contributed by atoms with Crippen LogP contribution in [0.15, 0.2) is 24.3 Å². The lowest BCUT2D eigenvalue weighted by atomic mass is 10.1. The second-order valence-electron chi connectivity index (χ2n) is 2.26. The van der Waals surface area contributed by atoms with Gasteiger partial charge in [-0.2, -0.15) is 5.26 Å². The maximum Gasteiger partial charge on any atom is 0.372 e. The van der Waals surface area contributed by atoms with Crippen molar-refractivity contribution in [2.45, 2.75) is 0 Å². The van der Waals surface area contributed by atoms with Crippen molar-refractivity contribution in [3.63, 3.8) is 0 Å². The number of carboxylic acid groups (broad SMARTS) is 1. The molecule has 72 valence electrons. The highest BCUT2D eigenvalue weighted by Gasteiger charge is 2.07. The Hall–Kier alpha value is -1.11. The van der Waals surface area contributed by atoms with Crippen LogP contribution in [0.1, 0.15) is 20.7 Å². The highest BCUT2D eigenvalue weighted by Crippen LogP contribution is 2.05. The molecule has 0 fully saturated rings. The molecule has 0 bridgehead atoms. The van der Waals surface area contributed by atoms with Gasteiger partial charge in [0.2, 0.25) is 0 Å². The van der Waals surface area contributed by atoms with E-state index in [-0.39, 0.29) is 34.2 Å². The van der Waals surface area contributed by atoms with Crippen molar-refractivity contribution in [1.29, 1.82) is 0 Å². The third-order valence-electron chi connectivity index (χ3n) is 1.45. The van der Waals surface area contributed by atoms with Crippen molar-refractivity contribution in [3.05, 3.63) is 35.4 Å². The first-order valence-corrected chi connectivity index (χ1v) is 3.34. The number of aromatic carboxylic acids is 1. The maximum absolute atomic E-state index is 10.7. The molecule has 0 saturated carbocycles. The van der Waals surface area contributed by atoms with E-state index in [1.54, 1.807) is 0 Å². The fourth-order valence-electron chi connectivity index (χ4n) is 0.802. The van der Waals surface area contributed by atoms with Gasteiger partial charge in [0.1, 0.15) is 0 Å². The van der Waals surface area contributed by atoms with Crippen LogP contribution in [0, 0.1) is 0 Å². The normalized spacial score (nSPS) is 8.64. The zero-order valence-corrected chi connectivity index (χ0v) is 6.43. The van der Waals surface area contributed by atoms with Crippen LogP contribution in [0.2, 0.25) is 0 Å². The second kappa shape index (κ2) is 5.58. The molecule has 1 rings (SSSR count). The van der Waals surface area contributed by atoms with Crippen molar-refractivity contribution < 1.29 is 24.8 Å². The van der Waals surface area contributed by atoms with E-state index in [0.29, 0.717) is 0 Å². The number of carbonyl (C=O) groups excluding carboxylic acids is 1. The van der Waals surface area contributed by atoms with Crippen molar-refractivity contribution in [1.82, 2.24) is 0 Å². The number of carboxylic acids is 1. The molecule has 1 aromatic rings. The molecule has 0 aliphatic rings. The van der Waals surface area contributed by atoms with Gasteiger partial charge in [-0.15, -0.1) is 0 Å². The van der Waals surface area contributed by atoms with E-state index in [0.717, 1.165) is 0 Å². The predicted molar refractivity (Wildman–Crippen MR) is 50.0 cm³/mol. The van der Waals surface area contributed by atoms with E-state index in [2.05, 4.69) is 4.89 Å². The number of benzene rings is 1. The van der Waals surface area contributed by atoms with Crippen molar-refractivity contribution in [2.75, 3.05) is 0 Å². The average molecular weight is 208 g/mol. The summed E-state index contributed by atoms with van der Waals surface area (Å²) in [6, 6.07) is 4.99. The van der Waals surface area contributed by atoms with Crippen LogP contribution in [0.4, 0.5) is 0 Å². The summed E-state index contributed by atoms with van der Waals surface area (Å²) >= 11 is 0. The zero-order chi connectivity index (χ0) is 9.84. The van der Waals surface area contributed by atoms with Crippen LogP contribution in [-0.4, -0.2) is 45.4 Å². The maximum atomic E-state index is 10.7. The molecule has 0 aliphatic carbocycles. The van der Waals surface area contributed by atoms with Gasteiger partial charge >= 0.3 is 35.0 Å². The SMILES string of the molecule is O=C(O)c1ccc(C(=O)OO)cc1.[MgH2]. The Labute approximate surface area is 95.4 Å². The summed E-state index contributed by atoms with van der Waals surface area (Å²) in [6.45, 7) is 0. The molecule has 2 N–H and O–H groups in total. The zero-order valence-electron chi connectivity index (χ0n) is 6.43. The van der Waals surface area contributed by atoms with Gasteiger partial charge in [-0.05, 0) is 24.3 Å². The van der Waals surface area contributed by atoms with Crippen LogP contribution in [0.3, 0.4) is 0 Å². The van der Waals surface area contributed by atoms with E-state index in [1.165, 1.54) is 24.3 Å². The lowest BCUT2D eigenvalue weighted by molar-refractivity contribution is -0.182. The Bertz CT molecular complexity index is 332. The smallest absolute Gasteiger partial charge is 0.372 e. The average Bonchev–Trinajstić information content (AvgIpc) is 2.17. The highest BCUT2D eigenvalue weighted by molar-refractivity contribution is 5.92. The summed E-state index contributed by atoms with van der Waals surface area (Å²) in [5.74, 6) is -2.00. The molecule has 0 radical (unpaired) electrons. The summed E-state index contributed by atoms with van der Waals surface area (Å²) in [6.07, 6.45) is 0. The van der Waals surface area contributed by atoms with Crippen LogP contribution in [-0.2, 0) is 4.89 Å². The topological polar surface area (TPSA) is 83.8 Å². The molecule has 14 heavy (non-hydrogen) atoms. The van der Waals surface area contributed by atoms with E-state index < -0.39 is 11.9 Å². The first kappa shape index (κ1) is 12.9. The molecule has 5 nitrogen and oxygen atoms in total. The highest BCUT2D eigenvalue weighted by atomic mass is 24.3. The Morgan fingerprint density at radius 3 is 1.86 bits per heavy atom. The lowest BCUT2D eigenvalue weighted by Gasteiger charge is -1.96. The molecule has 0 aliphatic heterocycles. The number of hydrogen-bond donors (Lipinski definition) is 2. The van der Waals surface area contributed by atoms with Gasteiger partial charge in [0.05, 0.1) is 11.1 Å². The largest absolute Gasteiger partial charge is 0.478 e. The minimum Gasteiger partial charge on any atom is -0.478 e. The Morgan fingerprint density at radius 2 is 1.50 bits per heavy atom. The van der Waals surface area contributed by atoms with Crippen LogP contribution in [0.25, 0.3) is 0 Å². The summed E-state index contributed by atoms with van der Waals surface area (Å²) in [5, 5.41) is 16.5. The van der Waals surface area contributed by atoms with E-state index in [9.17, 15) is 9.59 Å². The van der Waals surface area contributed by atoms with E-state index in [1.807, 2.05) is 0 Å². The van der Waals surface area contributed by atoms with E-state index in [4.69, 9.17) is 10.4 Å². The number of hydrogen-bond acceptors (Lipinski definition) is 4. The molecule has 0 amide bonds. The second-order valence-corrected chi connectivity index (χ2v) is 2.26. The first-order valence-electron chi connectivity index (χ1n) is 3.34. The molecule has 0 atom stereocenters. The van der Waals surface area contributed by atoms with Gasteiger partial charge in [0.25, 0.3) is 0 Å². The lowest BCUT2D eigenvalue weighted by Crippen LogP contribution is -2.02. The third-order valence-corrected chi connectivity index (χ3v) is 1.45. The summed E-state index contributed by atoms with van der Waals surface area (Å²) in [4.78, 5) is 24.5. The molecule has 0 spiro atoms. The number of rotatable bonds is 2. The fraction of sp³-hybridized carbons (Fsp3) is 0. The molecule has 0 saturated heterocycles. The molecular formula is C8H8MgO5. The molecule has 0 heterocycles. The first-order chi connectivity index (χ1) is 6.15. The van der Waals surface area contributed by atoms with Crippen molar-refractivity contribution in [2.24, 2.45) is 0 Å². The molecule has 0 unspecified atom stereocenters. The molecule has 6 heteroatoms. The van der Waals surface area contributed by atoms with Gasteiger partial charge in [0, 0.05) is 0 Å².